The summed E-state index contributed by atoms with van der Waals surface area (Å²) in [5.74, 6) is -1.20. The van der Waals surface area contributed by atoms with Crippen LogP contribution in [0.25, 0.3) is 0 Å². The van der Waals surface area contributed by atoms with E-state index in [2.05, 4.69) is 9.84 Å². The molecule has 0 saturated carbocycles. The molecular formula is C17H21N3O5S. The minimum Gasteiger partial charge on any atom is -0.468 e. The molecule has 1 aromatic carbocycles. The smallest absolute Gasteiger partial charge is 0.327 e. The lowest BCUT2D eigenvalue weighted by Crippen LogP contribution is -2.46. The molecule has 0 radical (unpaired) electrons. The first-order valence-electron chi connectivity index (χ1n) is 8.42. The van der Waals surface area contributed by atoms with E-state index in [0.717, 1.165) is 24.8 Å². The quantitative estimate of drug-likeness (QED) is 0.730. The Balaban J connectivity index is 2.07. The van der Waals surface area contributed by atoms with E-state index in [-0.39, 0.29) is 17.1 Å². The van der Waals surface area contributed by atoms with E-state index in [4.69, 9.17) is 0 Å². The second kappa shape index (κ2) is 7.06. The highest BCUT2D eigenvalue weighted by Gasteiger charge is 2.40. The second-order valence-corrected chi connectivity index (χ2v) is 8.20. The van der Waals surface area contributed by atoms with Crippen LogP contribution in [0.5, 0.6) is 0 Å². The third-order valence-corrected chi connectivity index (χ3v) is 6.17. The summed E-state index contributed by atoms with van der Waals surface area (Å²) in [4.78, 5) is 26.0. The molecule has 1 amide bonds. The Hall–Kier alpha value is -2.42. The number of methoxy groups -OCH3 is 1. The van der Waals surface area contributed by atoms with E-state index < -0.39 is 26.8 Å². The zero-order valence-corrected chi connectivity index (χ0v) is 15.6. The number of amides is 1. The van der Waals surface area contributed by atoms with Crippen LogP contribution in [-0.2, 0) is 24.2 Å². The fourth-order valence-corrected chi connectivity index (χ4v) is 4.54. The maximum atomic E-state index is 13.0. The zero-order chi connectivity index (χ0) is 18.9. The minimum absolute atomic E-state index is 0.0256. The topological polar surface area (TPSA) is 96.3 Å². The standard InChI is InChI=1S/C17H21N3O5S/c1-12-6-7-14-13(10-12)20(11-15(21)25-2)18-16(26(14,23)24)17(22)19-8-4-3-5-9-19/h6-7,10H,3-5,8-9,11H2,1-2H3. The average Bonchev–Trinajstić information content (AvgIpc) is 2.63. The number of ether oxygens (including phenoxy) is 1. The van der Waals surface area contributed by atoms with Crippen molar-refractivity contribution in [3.05, 3.63) is 23.8 Å². The predicted molar refractivity (Wildman–Crippen MR) is 95.6 cm³/mol. The molecule has 1 fully saturated rings. The molecule has 0 unspecified atom stereocenters. The van der Waals surface area contributed by atoms with E-state index in [1.807, 2.05) is 0 Å². The van der Waals surface area contributed by atoms with Gasteiger partial charge in [0.15, 0.2) is 0 Å². The fraction of sp³-hybridized carbons (Fsp3) is 0.471. The van der Waals surface area contributed by atoms with Gasteiger partial charge < -0.3 is 9.64 Å². The Morgan fingerprint density at radius 1 is 1.19 bits per heavy atom. The molecule has 0 aliphatic carbocycles. The summed E-state index contributed by atoms with van der Waals surface area (Å²) in [5, 5.41) is 4.74. The molecule has 0 aromatic heterocycles. The number of benzene rings is 1. The first-order valence-corrected chi connectivity index (χ1v) is 9.91. The Bertz CT molecular complexity index is 872. The van der Waals surface area contributed by atoms with E-state index in [0.29, 0.717) is 13.1 Å². The summed E-state index contributed by atoms with van der Waals surface area (Å²) < 4.78 is 30.6. The molecule has 9 heteroatoms. The third-order valence-electron chi connectivity index (χ3n) is 4.48. The van der Waals surface area contributed by atoms with Gasteiger partial charge in [0, 0.05) is 13.1 Å². The monoisotopic (exact) mass is 379 g/mol. The van der Waals surface area contributed by atoms with Gasteiger partial charge in [-0.1, -0.05) is 6.07 Å². The van der Waals surface area contributed by atoms with Gasteiger partial charge in [0.05, 0.1) is 17.7 Å². The maximum Gasteiger partial charge on any atom is 0.327 e. The Labute approximate surface area is 152 Å². The van der Waals surface area contributed by atoms with Crippen molar-refractivity contribution in [2.24, 2.45) is 5.10 Å². The van der Waals surface area contributed by atoms with Crippen molar-refractivity contribution in [2.45, 2.75) is 31.1 Å². The van der Waals surface area contributed by atoms with Crippen LogP contribution in [0.15, 0.2) is 28.2 Å². The fourth-order valence-electron chi connectivity index (χ4n) is 3.08. The predicted octanol–water partition coefficient (Wildman–Crippen LogP) is 1.09. The summed E-state index contributed by atoms with van der Waals surface area (Å²) in [7, 11) is -2.82. The normalized spacial score (nSPS) is 18.8. The molecule has 0 atom stereocenters. The van der Waals surface area contributed by atoms with Gasteiger partial charge in [0.1, 0.15) is 6.54 Å². The Morgan fingerprint density at radius 3 is 2.54 bits per heavy atom. The number of hydrazone groups is 1. The van der Waals surface area contributed by atoms with Crippen LogP contribution in [0.3, 0.4) is 0 Å². The number of carbonyl (C=O) groups is 2. The molecule has 2 aliphatic heterocycles. The number of anilines is 1. The van der Waals surface area contributed by atoms with Crippen molar-refractivity contribution in [3.63, 3.8) is 0 Å². The highest BCUT2D eigenvalue weighted by Crippen LogP contribution is 2.33. The lowest BCUT2D eigenvalue weighted by Gasteiger charge is -2.30. The number of sulfone groups is 1. The van der Waals surface area contributed by atoms with Gasteiger partial charge in [0.25, 0.3) is 5.91 Å². The first-order chi connectivity index (χ1) is 12.3. The number of nitrogens with zero attached hydrogens (tertiary/aromatic N) is 3. The summed E-state index contributed by atoms with van der Waals surface area (Å²) in [5.41, 5.74) is 1.08. The van der Waals surface area contributed by atoms with Gasteiger partial charge in [-0.2, -0.15) is 5.10 Å². The molecule has 1 aromatic rings. The van der Waals surface area contributed by atoms with Crippen LogP contribution in [0.4, 0.5) is 5.69 Å². The Kier molecular flexibility index (Phi) is 4.99. The van der Waals surface area contributed by atoms with Crippen molar-refractivity contribution in [2.75, 3.05) is 31.8 Å². The molecule has 3 rings (SSSR count). The van der Waals surface area contributed by atoms with Gasteiger partial charge in [-0.05, 0) is 43.9 Å². The molecule has 140 valence electrons. The molecule has 0 N–H and O–H groups in total. The average molecular weight is 379 g/mol. The first kappa shape index (κ1) is 18.4. The van der Waals surface area contributed by atoms with Crippen LogP contribution < -0.4 is 5.01 Å². The van der Waals surface area contributed by atoms with Crippen LogP contribution in [-0.4, -0.2) is 57.0 Å². The van der Waals surface area contributed by atoms with E-state index in [1.165, 1.54) is 23.1 Å². The van der Waals surface area contributed by atoms with Crippen molar-refractivity contribution < 1.29 is 22.7 Å². The van der Waals surface area contributed by atoms with Gasteiger partial charge in [-0.3, -0.25) is 14.6 Å². The minimum atomic E-state index is -4.06. The molecular weight excluding hydrogens is 358 g/mol. The summed E-state index contributed by atoms with van der Waals surface area (Å²) in [6.07, 6.45) is 2.68. The van der Waals surface area contributed by atoms with E-state index in [9.17, 15) is 18.0 Å². The number of likely N-dealkylation sites (tertiary alicyclic amines) is 1. The number of piperidine rings is 1. The van der Waals surface area contributed by atoms with Gasteiger partial charge in [-0.15, -0.1) is 0 Å². The van der Waals surface area contributed by atoms with Crippen LogP contribution >= 0.6 is 0 Å². The molecule has 0 bridgehead atoms. The lowest BCUT2D eigenvalue weighted by atomic mass is 10.1. The maximum absolute atomic E-state index is 13.0. The van der Waals surface area contributed by atoms with Gasteiger partial charge in [-0.25, -0.2) is 8.42 Å². The van der Waals surface area contributed by atoms with Crippen molar-refractivity contribution in [1.29, 1.82) is 0 Å². The number of aryl methyl sites for hydroxylation is 1. The SMILES string of the molecule is COC(=O)CN1N=C(C(=O)N2CCCCC2)S(=O)(=O)c2ccc(C)cc21. The Morgan fingerprint density at radius 2 is 1.88 bits per heavy atom. The number of fused-ring (bicyclic) bond motifs is 1. The highest BCUT2D eigenvalue weighted by molar-refractivity contribution is 8.08. The van der Waals surface area contributed by atoms with Gasteiger partial charge in [0.2, 0.25) is 14.9 Å². The summed E-state index contributed by atoms with van der Waals surface area (Å²) in [6.45, 7) is 2.54. The summed E-state index contributed by atoms with van der Waals surface area (Å²) >= 11 is 0. The molecule has 8 nitrogen and oxygen atoms in total. The van der Waals surface area contributed by atoms with E-state index in [1.54, 1.807) is 19.1 Å². The van der Waals surface area contributed by atoms with E-state index >= 15 is 0 Å². The number of rotatable bonds is 3. The number of hydrogen-bond acceptors (Lipinski definition) is 7. The molecule has 2 heterocycles. The van der Waals surface area contributed by atoms with Crippen molar-refractivity contribution in [1.82, 2.24) is 4.90 Å². The van der Waals surface area contributed by atoms with Gasteiger partial charge >= 0.3 is 5.97 Å². The molecule has 0 spiro atoms. The summed E-state index contributed by atoms with van der Waals surface area (Å²) in [6, 6.07) is 4.73. The van der Waals surface area contributed by atoms with Crippen molar-refractivity contribution >= 4 is 32.4 Å². The second-order valence-electron chi connectivity index (χ2n) is 6.37. The van der Waals surface area contributed by atoms with Crippen molar-refractivity contribution in [3.8, 4) is 0 Å². The number of esters is 1. The lowest BCUT2D eigenvalue weighted by molar-refractivity contribution is -0.139. The molecule has 26 heavy (non-hydrogen) atoms. The largest absolute Gasteiger partial charge is 0.468 e. The van der Waals surface area contributed by atoms with Crippen LogP contribution in [0.2, 0.25) is 0 Å². The zero-order valence-electron chi connectivity index (χ0n) is 14.8. The molecule has 1 saturated heterocycles. The third kappa shape index (κ3) is 3.31. The molecule has 2 aliphatic rings. The highest BCUT2D eigenvalue weighted by atomic mass is 32.2. The van der Waals surface area contributed by atoms with Crippen LogP contribution in [0, 0.1) is 6.92 Å². The van der Waals surface area contributed by atoms with Crippen LogP contribution in [0.1, 0.15) is 24.8 Å². The number of carbonyl (C=O) groups excluding carboxylic acids is 2. The number of hydrogen-bond donors (Lipinski definition) is 0.